The van der Waals surface area contributed by atoms with Crippen LogP contribution >= 0.6 is 11.6 Å². The van der Waals surface area contributed by atoms with Crippen molar-refractivity contribution in [1.29, 1.82) is 0 Å². The molecule has 4 heteroatoms. The van der Waals surface area contributed by atoms with Crippen molar-refractivity contribution in [3.63, 3.8) is 0 Å². The summed E-state index contributed by atoms with van der Waals surface area (Å²) in [5, 5.41) is 4.59. The number of hydrogen-bond donors (Lipinski definition) is 0. The van der Waals surface area contributed by atoms with Gasteiger partial charge in [0.2, 0.25) is 0 Å². The van der Waals surface area contributed by atoms with Crippen molar-refractivity contribution in [1.82, 2.24) is 5.32 Å². The van der Waals surface area contributed by atoms with Gasteiger partial charge in [-0.15, -0.1) is 0 Å². The summed E-state index contributed by atoms with van der Waals surface area (Å²) in [6, 6.07) is 5.06. The van der Waals surface area contributed by atoms with Gasteiger partial charge in [-0.3, -0.25) is 4.90 Å². The number of rotatable bonds is 0. The first-order chi connectivity index (χ1) is 6.89. The van der Waals surface area contributed by atoms with E-state index >= 15 is 0 Å². The normalized spacial score (nSPS) is 15.2. The zero-order valence-corrected chi connectivity index (χ0v) is 9.67. The monoisotopic (exact) mass is 223 g/mol. The van der Waals surface area contributed by atoms with E-state index in [2.05, 4.69) is 5.32 Å². The van der Waals surface area contributed by atoms with Gasteiger partial charge in [0.15, 0.2) is 0 Å². The predicted molar refractivity (Wildman–Crippen MR) is 60.9 cm³/mol. The van der Waals surface area contributed by atoms with Crippen molar-refractivity contribution in [2.45, 2.75) is 26.3 Å². The summed E-state index contributed by atoms with van der Waals surface area (Å²) in [6.45, 7) is 5.91. The van der Waals surface area contributed by atoms with Gasteiger partial charge in [0.25, 0.3) is 0 Å². The number of amides is 2. The zero-order chi connectivity index (χ0) is 11.2. The van der Waals surface area contributed by atoms with Crippen molar-refractivity contribution in [2.75, 3.05) is 4.90 Å². The molecule has 0 unspecified atom stereocenters. The Morgan fingerprint density at radius 1 is 1.33 bits per heavy atom. The molecule has 0 atom stereocenters. The summed E-state index contributed by atoms with van der Waals surface area (Å²) in [5.74, 6) is 0. The number of halogens is 1. The smallest absolute Gasteiger partial charge is 0.285 e. The fourth-order valence-corrected chi connectivity index (χ4v) is 1.84. The van der Waals surface area contributed by atoms with E-state index in [0.717, 1.165) is 5.69 Å². The lowest BCUT2D eigenvalue weighted by Crippen LogP contribution is -2.44. The van der Waals surface area contributed by atoms with Crippen LogP contribution in [-0.2, 0) is 0 Å². The molecule has 3 nitrogen and oxygen atoms in total. The van der Waals surface area contributed by atoms with E-state index in [1.807, 2.05) is 20.8 Å². The average Bonchev–Trinajstić information content (AvgIpc) is 2.38. The maximum Gasteiger partial charge on any atom is 0.349 e. The van der Waals surface area contributed by atoms with Crippen LogP contribution in [0.5, 0.6) is 0 Å². The highest BCUT2D eigenvalue weighted by Crippen LogP contribution is 2.38. The zero-order valence-electron chi connectivity index (χ0n) is 8.91. The summed E-state index contributed by atoms with van der Waals surface area (Å²) in [7, 11) is 0. The van der Waals surface area contributed by atoms with Crippen LogP contribution in [0.25, 0.3) is 0 Å². The Balaban J connectivity index is 2.53. The highest BCUT2D eigenvalue weighted by Gasteiger charge is 2.36. The Bertz CT molecular complexity index is 423. The molecule has 1 aromatic carbocycles. The predicted octanol–water partition coefficient (Wildman–Crippen LogP) is 3.31. The van der Waals surface area contributed by atoms with Crippen LogP contribution in [0, 0.1) is 0 Å². The van der Waals surface area contributed by atoms with Gasteiger partial charge < -0.3 is 0 Å². The molecule has 0 spiro atoms. The van der Waals surface area contributed by atoms with Gasteiger partial charge in [-0.25, -0.2) is 4.79 Å². The molecule has 0 aliphatic carbocycles. The first-order valence-corrected chi connectivity index (χ1v) is 5.13. The highest BCUT2D eigenvalue weighted by atomic mass is 35.5. The van der Waals surface area contributed by atoms with Crippen molar-refractivity contribution in [2.24, 2.45) is 0 Å². The quantitative estimate of drug-likeness (QED) is 0.665. The molecular formula is C11H12ClN2O. The molecule has 1 aromatic rings. The second kappa shape index (κ2) is 3.14. The number of benzene rings is 1. The van der Waals surface area contributed by atoms with Crippen molar-refractivity contribution < 1.29 is 4.79 Å². The SMILES string of the molecule is CC(C)(C)N1C(=O)[N]c2ccc(Cl)cc21. The Morgan fingerprint density at radius 3 is 2.60 bits per heavy atom. The number of hydrogen-bond acceptors (Lipinski definition) is 1. The van der Waals surface area contributed by atoms with Gasteiger partial charge in [0, 0.05) is 10.6 Å². The Kier molecular flexibility index (Phi) is 2.15. The van der Waals surface area contributed by atoms with E-state index in [4.69, 9.17) is 11.6 Å². The molecule has 15 heavy (non-hydrogen) atoms. The minimum absolute atomic E-state index is 0.222. The van der Waals surface area contributed by atoms with Crippen LogP contribution in [0.2, 0.25) is 5.02 Å². The fraction of sp³-hybridized carbons (Fsp3) is 0.364. The number of carbonyl (C=O) groups excluding carboxylic acids is 1. The Hall–Kier alpha value is -1.22. The minimum Gasteiger partial charge on any atom is -0.285 e. The summed E-state index contributed by atoms with van der Waals surface area (Å²) < 4.78 is 0. The molecule has 0 aromatic heterocycles. The van der Waals surface area contributed by atoms with E-state index in [1.165, 1.54) is 0 Å². The molecule has 1 radical (unpaired) electrons. The molecule has 0 N–H and O–H groups in total. The highest BCUT2D eigenvalue weighted by molar-refractivity contribution is 6.31. The molecule has 79 valence electrons. The first kappa shape index (κ1) is 10.3. The molecule has 0 bridgehead atoms. The van der Waals surface area contributed by atoms with Crippen LogP contribution in [0.3, 0.4) is 0 Å². The molecule has 2 amide bonds. The van der Waals surface area contributed by atoms with Crippen LogP contribution < -0.4 is 10.2 Å². The van der Waals surface area contributed by atoms with E-state index in [-0.39, 0.29) is 11.6 Å². The van der Waals surface area contributed by atoms with Gasteiger partial charge in [0.1, 0.15) is 0 Å². The second-order valence-corrected chi connectivity index (χ2v) is 4.97. The summed E-state index contributed by atoms with van der Waals surface area (Å²) >= 11 is 5.91. The molecule has 0 fully saturated rings. The average molecular weight is 224 g/mol. The lowest BCUT2D eigenvalue weighted by atomic mass is 10.1. The molecular weight excluding hydrogens is 212 g/mol. The maximum absolute atomic E-state index is 11.7. The van der Waals surface area contributed by atoms with E-state index < -0.39 is 0 Å². The van der Waals surface area contributed by atoms with Crippen molar-refractivity contribution in [3.8, 4) is 0 Å². The van der Waals surface area contributed by atoms with Crippen LogP contribution in [-0.4, -0.2) is 11.6 Å². The van der Waals surface area contributed by atoms with Crippen molar-refractivity contribution in [3.05, 3.63) is 23.2 Å². The van der Waals surface area contributed by atoms with Crippen LogP contribution in [0.4, 0.5) is 16.2 Å². The summed E-state index contributed by atoms with van der Waals surface area (Å²) in [5.41, 5.74) is 1.20. The van der Waals surface area contributed by atoms with E-state index in [1.54, 1.807) is 23.1 Å². The summed E-state index contributed by atoms with van der Waals surface area (Å²) in [4.78, 5) is 13.4. The molecule has 1 heterocycles. The van der Waals surface area contributed by atoms with Crippen molar-refractivity contribution >= 4 is 29.0 Å². The van der Waals surface area contributed by atoms with Gasteiger partial charge in [-0.05, 0) is 39.0 Å². The summed E-state index contributed by atoms with van der Waals surface area (Å²) in [6.07, 6.45) is 0. The van der Waals surface area contributed by atoms with Gasteiger partial charge in [-0.2, -0.15) is 5.32 Å². The van der Waals surface area contributed by atoms with Crippen LogP contribution in [0.1, 0.15) is 20.8 Å². The third kappa shape index (κ3) is 1.67. The number of nitrogens with zero attached hydrogens (tertiary/aromatic N) is 2. The number of carbonyl (C=O) groups is 1. The second-order valence-electron chi connectivity index (χ2n) is 4.53. The Morgan fingerprint density at radius 2 is 2.00 bits per heavy atom. The molecule has 1 aliphatic heterocycles. The minimum atomic E-state index is -0.281. The first-order valence-electron chi connectivity index (χ1n) is 4.75. The molecule has 2 rings (SSSR count). The Labute approximate surface area is 94.0 Å². The lowest BCUT2D eigenvalue weighted by Gasteiger charge is -2.30. The van der Waals surface area contributed by atoms with Gasteiger partial charge in [0.05, 0.1) is 11.4 Å². The van der Waals surface area contributed by atoms with Gasteiger partial charge in [-0.1, -0.05) is 11.6 Å². The third-order valence-electron chi connectivity index (χ3n) is 2.26. The maximum atomic E-state index is 11.7. The number of urea groups is 1. The lowest BCUT2D eigenvalue weighted by molar-refractivity contribution is 0.246. The standard InChI is InChI=1S/C11H12ClN2O/c1-11(2,3)14-9-6-7(12)4-5-8(9)13-10(14)15/h4-6H,1-3H3. The number of fused-ring (bicyclic) bond motifs is 1. The molecule has 1 aliphatic rings. The topological polar surface area (TPSA) is 34.4 Å². The third-order valence-corrected chi connectivity index (χ3v) is 2.49. The van der Waals surface area contributed by atoms with E-state index in [9.17, 15) is 4.79 Å². The van der Waals surface area contributed by atoms with E-state index in [0.29, 0.717) is 10.7 Å². The van der Waals surface area contributed by atoms with Gasteiger partial charge >= 0.3 is 6.03 Å². The molecule has 0 saturated carbocycles. The number of anilines is 1. The largest absolute Gasteiger partial charge is 0.349 e. The van der Waals surface area contributed by atoms with Crippen LogP contribution in [0.15, 0.2) is 18.2 Å². The fourth-order valence-electron chi connectivity index (χ4n) is 1.67. The molecule has 0 saturated heterocycles.